The number of carboxylic acids is 1. The van der Waals surface area contributed by atoms with Crippen LogP contribution in [0.3, 0.4) is 0 Å². The molecule has 0 spiro atoms. The van der Waals surface area contributed by atoms with Crippen molar-refractivity contribution >= 4 is 11.9 Å². The van der Waals surface area contributed by atoms with Crippen LogP contribution in [0.2, 0.25) is 0 Å². The van der Waals surface area contributed by atoms with Crippen molar-refractivity contribution in [3.63, 3.8) is 0 Å². The maximum atomic E-state index is 10.5. The molecule has 2 aromatic heterocycles. The number of nitrogens with two attached hydrogens (primary N) is 1. The van der Waals surface area contributed by atoms with Crippen LogP contribution in [0.25, 0.3) is 0 Å². The number of carbonyl (C=O) groups excluding carboxylic acids is 1. The van der Waals surface area contributed by atoms with Crippen LogP contribution in [0.5, 0.6) is 0 Å². The van der Waals surface area contributed by atoms with E-state index in [9.17, 15) is 4.79 Å². The lowest BCUT2D eigenvalue weighted by molar-refractivity contribution is -0.134. The molecule has 140 valence electrons. The number of hydrogen-bond donors (Lipinski definition) is 3. The van der Waals surface area contributed by atoms with Gasteiger partial charge in [0, 0.05) is 58.3 Å². The topological polar surface area (TPSA) is 128 Å². The van der Waals surface area contributed by atoms with Crippen molar-refractivity contribution in [3.05, 3.63) is 37.4 Å². The zero-order valence-electron chi connectivity index (χ0n) is 14.8. The molecule has 0 aliphatic heterocycles. The summed E-state index contributed by atoms with van der Waals surface area (Å²) in [6.07, 6.45) is 12.9. The molecule has 9 heteroatoms. The largest absolute Gasteiger partial charge is 0.481 e. The molecule has 2 rings (SSSR count). The highest BCUT2D eigenvalue weighted by Gasteiger charge is 1.91. The summed E-state index contributed by atoms with van der Waals surface area (Å²) in [4.78, 5) is 27.3. The summed E-state index contributed by atoms with van der Waals surface area (Å²) in [5.41, 5.74) is 5.31. The molecule has 2 heterocycles. The van der Waals surface area contributed by atoms with Gasteiger partial charge >= 0.3 is 0 Å². The van der Waals surface area contributed by atoms with Crippen molar-refractivity contribution in [2.75, 3.05) is 13.1 Å². The van der Waals surface area contributed by atoms with E-state index in [0.717, 1.165) is 45.9 Å². The van der Waals surface area contributed by atoms with Gasteiger partial charge in [-0.25, -0.2) is 9.97 Å². The lowest BCUT2D eigenvalue weighted by Gasteiger charge is -2.02. The smallest absolute Gasteiger partial charge is 0.300 e. The maximum absolute atomic E-state index is 10.5. The average Bonchev–Trinajstić information content (AvgIpc) is 3.23. The van der Waals surface area contributed by atoms with E-state index in [1.807, 2.05) is 21.5 Å². The lowest BCUT2D eigenvalue weighted by Crippen LogP contribution is -2.21. The minimum absolute atomic E-state index is 0.0284. The molecule has 0 bridgehead atoms. The standard InChI is InChI=1S/C8H13N3O.C6H11N3.C2H4O2/c1-8(12)10-3-2-5-11-6-4-9-7-11;7-2-1-4-9-5-3-8-6-9;1-2(3)4/h4,6-7H,2-3,5H2,1H3,(H,10,12);3,5-6H,1-2,4,7H2;1H3,(H,3,4). The zero-order valence-corrected chi connectivity index (χ0v) is 14.8. The molecule has 0 fully saturated rings. The summed E-state index contributed by atoms with van der Waals surface area (Å²) in [5, 5.41) is 10.2. The summed E-state index contributed by atoms with van der Waals surface area (Å²) in [6, 6.07) is 0. The minimum atomic E-state index is -0.833. The number of carboxylic acid groups (broad SMARTS) is 1. The third kappa shape index (κ3) is 16.0. The molecule has 25 heavy (non-hydrogen) atoms. The van der Waals surface area contributed by atoms with E-state index in [-0.39, 0.29) is 5.91 Å². The fraction of sp³-hybridized carbons (Fsp3) is 0.500. The van der Waals surface area contributed by atoms with Crippen molar-refractivity contribution in [3.8, 4) is 0 Å². The number of aromatic nitrogens is 4. The second-order valence-electron chi connectivity index (χ2n) is 5.10. The van der Waals surface area contributed by atoms with Crippen molar-refractivity contribution in [1.82, 2.24) is 24.4 Å². The second kappa shape index (κ2) is 14.9. The third-order valence-electron chi connectivity index (χ3n) is 2.71. The Hall–Kier alpha value is -2.68. The van der Waals surface area contributed by atoms with Crippen molar-refractivity contribution < 1.29 is 14.7 Å². The molecule has 0 aliphatic rings. The predicted octanol–water partition coefficient (Wildman–Crippen LogP) is 0.732. The van der Waals surface area contributed by atoms with E-state index in [1.165, 1.54) is 6.92 Å². The quantitative estimate of drug-likeness (QED) is 0.630. The van der Waals surface area contributed by atoms with Gasteiger partial charge in [-0.2, -0.15) is 0 Å². The number of hydrogen-bond acceptors (Lipinski definition) is 5. The van der Waals surface area contributed by atoms with Gasteiger partial charge in [0.25, 0.3) is 5.97 Å². The Kier molecular flexibility index (Phi) is 13.3. The third-order valence-corrected chi connectivity index (χ3v) is 2.71. The molecule has 4 N–H and O–H groups in total. The highest BCUT2D eigenvalue weighted by atomic mass is 16.4. The van der Waals surface area contributed by atoms with E-state index < -0.39 is 5.97 Å². The summed E-state index contributed by atoms with van der Waals surface area (Å²) in [5.74, 6) is -0.805. The van der Waals surface area contributed by atoms with E-state index >= 15 is 0 Å². The molecule has 2 aromatic rings. The Morgan fingerprint density at radius 3 is 1.88 bits per heavy atom. The van der Waals surface area contributed by atoms with Crippen LogP contribution in [-0.2, 0) is 22.7 Å². The molecule has 0 aromatic carbocycles. The second-order valence-corrected chi connectivity index (χ2v) is 5.10. The van der Waals surface area contributed by atoms with Gasteiger partial charge in [-0.05, 0) is 19.4 Å². The number of aliphatic carboxylic acids is 1. The van der Waals surface area contributed by atoms with E-state index in [4.69, 9.17) is 15.6 Å². The first-order valence-corrected chi connectivity index (χ1v) is 8.01. The van der Waals surface area contributed by atoms with Crippen LogP contribution >= 0.6 is 0 Å². The van der Waals surface area contributed by atoms with Crippen LogP contribution in [0.15, 0.2) is 37.4 Å². The molecule has 0 saturated heterocycles. The number of aryl methyl sites for hydroxylation is 2. The number of nitrogens with zero attached hydrogens (tertiary/aromatic N) is 4. The molecular weight excluding hydrogens is 324 g/mol. The average molecular weight is 352 g/mol. The Bertz CT molecular complexity index is 550. The minimum Gasteiger partial charge on any atom is -0.481 e. The van der Waals surface area contributed by atoms with Crippen molar-refractivity contribution in [1.29, 1.82) is 0 Å². The lowest BCUT2D eigenvalue weighted by atomic mass is 10.4. The molecule has 0 unspecified atom stereocenters. The Morgan fingerprint density at radius 1 is 1.04 bits per heavy atom. The molecule has 0 saturated carbocycles. The van der Waals surface area contributed by atoms with Gasteiger partial charge in [0.05, 0.1) is 12.7 Å². The van der Waals surface area contributed by atoms with Crippen molar-refractivity contribution in [2.24, 2.45) is 5.73 Å². The maximum Gasteiger partial charge on any atom is 0.300 e. The monoisotopic (exact) mass is 352 g/mol. The molecule has 9 nitrogen and oxygen atoms in total. The van der Waals surface area contributed by atoms with E-state index in [1.54, 1.807) is 25.0 Å². The first-order valence-electron chi connectivity index (χ1n) is 8.01. The molecule has 1 amide bonds. The highest BCUT2D eigenvalue weighted by Crippen LogP contribution is 1.88. The van der Waals surface area contributed by atoms with Crippen LogP contribution in [0.4, 0.5) is 0 Å². The van der Waals surface area contributed by atoms with Gasteiger partial charge in [-0.15, -0.1) is 0 Å². The first kappa shape index (κ1) is 22.3. The number of rotatable bonds is 7. The fourth-order valence-corrected chi connectivity index (χ4v) is 1.64. The summed E-state index contributed by atoms with van der Waals surface area (Å²) >= 11 is 0. The van der Waals surface area contributed by atoms with Crippen LogP contribution in [-0.4, -0.2) is 49.2 Å². The number of nitrogens with one attached hydrogen (secondary N) is 1. The Balaban J connectivity index is 0.000000391. The fourth-order valence-electron chi connectivity index (χ4n) is 1.64. The first-order chi connectivity index (χ1) is 12.0. The Labute approximate surface area is 147 Å². The molecule has 0 atom stereocenters. The van der Waals surface area contributed by atoms with Crippen LogP contribution in [0, 0.1) is 0 Å². The number of imidazole rings is 2. The van der Waals surface area contributed by atoms with Crippen LogP contribution < -0.4 is 11.1 Å². The molecule has 0 aliphatic carbocycles. The van der Waals surface area contributed by atoms with Gasteiger partial charge in [0.2, 0.25) is 5.91 Å². The zero-order chi connectivity index (χ0) is 18.9. The number of amides is 1. The van der Waals surface area contributed by atoms with Crippen LogP contribution in [0.1, 0.15) is 26.7 Å². The van der Waals surface area contributed by atoms with Gasteiger partial charge in [-0.3, -0.25) is 9.59 Å². The van der Waals surface area contributed by atoms with E-state index in [2.05, 4.69) is 15.3 Å². The van der Waals surface area contributed by atoms with Gasteiger partial charge < -0.3 is 25.3 Å². The SMILES string of the molecule is CC(=O)NCCCn1ccnc1.CC(=O)O.NCCCn1ccnc1. The Morgan fingerprint density at radius 2 is 1.52 bits per heavy atom. The predicted molar refractivity (Wildman–Crippen MR) is 94.7 cm³/mol. The van der Waals surface area contributed by atoms with Crippen molar-refractivity contribution in [2.45, 2.75) is 39.8 Å². The molecular formula is C16H28N6O3. The van der Waals surface area contributed by atoms with Gasteiger partial charge in [-0.1, -0.05) is 0 Å². The van der Waals surface area contributed by atoms with Gasteiger partial charge in [0.15, 0.2) is 0 Å². The summed E-state index contributed by atoms with van der Waals surface area (Å²) in [6.45, 7) is 5.97. The number of carbonyl (C=O) groups is 2. The highest BCUT2D eigenvalue weighted by molar-refractivity contribution is 5.72. The molecule has 0 radical (unpaired) electrons. The summed E-state index contributed by atoms with van der Waals surface area (Å²) in [7, 11) is 0. The van der Waals surface area contributed by atoms with Gasteiger partial charge in [0.1, 0.15) is 0 Å². The summed E-state index contributed by atoms with van der Waals surface area (Å²) < 4.78 is 4.01. The normalized spacial score (nSPS) is 9.24. The van der Waals surface area contributed by atoms with E-state index in [0.29, 0.717) is 0 Å².